The summed E-state index contributed by atoms with van der Waals surface area (Å²) in [6, 6.07) is 17.3. The number of fused-ring (bicyclic) bond motifs is 1. The normalized spacial score (nSPS) is 16.4. The molecule has 1 heterocycles. The van der Waals surface area contributed by atoms with Crippen molar-refractivity contribution in [3.05, 3.63) is 71.8 Å². The first-order chi connectivity index (χ1) is 17.2. The maximum atomic E-state index is 13.3. The molecule has 190 valence electrons. The van der Waals surface area contributed by atoms with Gasteiger partial charge in [-0.05, 0) is 85.3 Å². The van der Waals surface area contributed by atoms with E-state index in [1.54, 1.807) is 19.1 Å². The molecule has 3 N–H and O–H groups in total. The number of sulfonamides is 1. The van der Waals surface area contributed by atoms with Gasteiger partial charge < -0.3 is 19.9 Å². The number of carbonyl (C=O) groups is 1. The fourth-order valence-corrected chi connectivity index (χ4v) is 5.65. The number of amides is 1. The summed E-state index contributed by atoms with van der Waals surface area (Å²) < 4.78 is 38.3. The molecular weight excluding hydrogens is 480 g/mol. The zero-order valence-electron chi connectivity index (χ0n) is 20.1. The van der Waals surface area contributed by atoms with Crippen molar-refractivity contribution in [2.45, 2.75) is 43.0 Å². The van der Waals surface area contributed by atoms with Gasteiger partial charge in [0, 0.05) is 13.2 Å². The number of anilines is 1. The first-order valence-corrected chi connectivity index (χ1v) is 13.3. The van der Waals surface area contributed by atoms with E-state index >= 15 is 0 Å². The van der Waals surface area contributed by atoms with Crippen LogP contribution in [0.2, 0.25) is 0 Å². The number of rotatable bonds is 8. The summed E-state index contributed by atoms with van der Waals surface area (Å²) in [5, 5.41) is 12.2. The molecule has 1 amide bonds. The van der Waals surface area contributed by atoms with Crippen LogP contribution in [0.5, 0.6) is 11.5 Å². The lowest BCUT2D eigenvalue weighted by molar-refractivity contribution is -0.118. The number of nitrogens with one attached hydrogen (secondary N) is 2. The molecule has 5 rings (SSSR count). The second kappa shape index (κ2) is 9.24. The molecule has 1 fully saturated rings. The van der Waals surface area contributed by atoms with Crippen LogP contribution in [0.4, 0.5) is 5.69 Å². The van der Waals surface area contributed by atoms with Crippen LogP contribution in [0, 0.1) is 6.92 Å². The Morgan fingerprint density at radius 1 is 1.06 bits per heavy atom. The molecule has 0 unspecified atom stereocenters. The number of carbonyl (C=O) groups excluding carboxylic acids is 1. The van der Waals surface area contributed by atoms with Crippen LogP contribution in [-0.2, 0) is 20.2 Å². The van der Waals surface area contributed by atoms with Gasteiger partial charge in [-0.15, -0.1) is 0 Å². The number of hydrogen-bond acceptors (Lipinski definition) is 6. The minimum absolute atomic E-state index is 0. The number of ether oxygens (including phenoxy) is 2. The van der Waals surface area contributed by atoms with Gasteiger partial charge in [0.25, 0.3) is 0 Å². The van der Waals surface area contributed by atoms with Crippen LogP contribution in [0.1, 0.15) is 32.3 Å². The van der Waals surface area contributed by atoms with E-state index in [2.05, 4.69) is 10.0 Å². The summed E-state index contributed by atoms with van der Waals surface area (Å²) in [4.78, 5) is 13.4. The monoisotopic (exact) mass is 510 g/mol. The Morgan fingerprint density at radius 2 is 1.78 bits per heavy atom. The van der Waals surface area contributed by atoms with Gasteiger partial charge in [-0.3, -0.25) is 4.79 Å². The van der Waals surface area contributed by atoms with Crippen LogP contribution in [-0.4, -0.2) is 38.9 Å². The average Bonchev–Trinajstić information content (AvgIpc) is 3.55. The molecule has 0 saturated heterocycles. The van der Waals surface area contributed by atoms with Gasteiger partial charge >= 0.3 is 0 Å². The summed E-state index contributed by atoms with van der Waals surface area (Å²) in [6.45, 7) is 3.46. The predicted molar refractivity (Wildman–Crippen MR) is 138 cm³/mol. The van der Waals surface area contributed by atoms with E-state index in [1.807, 2.05) is 43.3 Å². The van der Waals surface area contributed by atoms with Crippen LogP contribution in [0.3, 0.4) is 0 Å². The minimum atomic E-state index is -3.73. The fourth-order valence-electron chi connectivity index (χ4n) is 4.41. The van der Waals surface area contributed by atoms with Crippen LogP contribution in [0.25, 0.3) is 11.1 Å². The summed E-state index contributed by atoms with van der Waals surface area (Å²) in [6.07, 6.45) is 1.52. The highest BCUT2D eigenvalue weighted by atomic mass is 32.2. The lowest BCUT2D eigenvalue weighted by Crippen LogP contribution is -2.34. The standard InChI is InChI=1S/C27H28N2O6S.H2/c1-17-3-7-21(14-23(17)19-4-8-22(9-5-19)36(32,33)29-18(2)15-30)28-26(31)27(11-12-27)20-6-10-24-25(13-20)35-16-34-24;/h3-10,13-14,18,29-30H,11-12,15-16H2,1-2H3,(H,28,31);1H/t18-;/m1./s1. The van der Waals surface area contributed by atoms with Crippen LogP contribution >= 0.6 is 0 Å². The molecule has 0 bridgehead atoms. The molecule has 0 radical (unpaired) electrons. The number of aliphatic hydroxyl groups is 1. The minimum Gasteiger partial charge on any atom is -0.454 e. The lowest BCUT2D eigenvalue weighted by atomic mass is 9.94. The molecule has 1 aliphatic heterocycles. The van der Waals surface area contributed by atoms with Gasteiger partial charge in [0.15, 0.2) is 11.5 Å². The quantitative estimate of drug-likeness (QED) is 0.423. The maximum Gasteiger partial charge on any atom is 0.240 e. The lowest BCUT2D eigenvalue weighted by Gasteiger charge is -2.17. The molecule has 36 heavy (non-hydrogen) atoms. The number of hydrogen-bond donors (Lipinski definition) is 3. The number of aliphatic hydroxyl groups excluding tert-OH is 1. The van der Waals surface area contributed by atoms with Gasteiger partial charge in [0.05, 0.1) is 16.9 Å². The Balaban J connectivity index is 0.00000320. The third kappa shape index (κ3) is 4.57. The fraction of sp³-hybridized carbons (Fsp3) is 0.296. The van der Waals surface area contributed by atoms with Crippen molar-refractivity contribution >= 4 is 21.6 Å². The first-order valence-electron chi connectivity index (χ1n) is 11.8. The summed E-state index contributed by atoms with van der Waals surface area (Å²) in [7, 11) is -3.73. The van der Waals surface area contributed by atoms with E-state index in [-0.39, 0.29) is 25.6 Å². The zero-order valence-corrected chi connectivity index (χ0v) is 20.9. The largest absolute Gasteiger partial charge is 0.454 e. The summed E-state index contributed by atoms with van der Waals surface area (Å²) in [5.41, 5.74) is 3.71. The van der Waals surface area contributed by atoms with E-state index in [1.165, 1.54) is 12.1 Å². The SMILES string of the molecule is Cc1ccc(NC(=O)C2(c3ccc4c(c3)OCO4)CC2)cc1-c1ccc(S(=O)(=O)N[C@H](C)CO)cc1.[HH]. The van der Waals surface area contributed by atoms with Crippen LogP contribution < -0.4 is 19.5 Å². The molecule has 1 atom stereocenters. The third-order valence-corrected chi connectivity index (χ3v) is 8.32. The van der Waals surface area contributed by atoms with E-state index in [9.17, 15) is 13.2 Å². The summed E-state index contributed by atoms with van der Waals surface area (Å²) in [5.74, 6) is 1.29. The Hall–Kier alpha value is -3.40. The van der Waals surface area contributed by atoms with E-state index in [4.69, 9.17) is 14.6 Å². The summed E-state index contributed by atoms with van der Waals surface area (Å²) >= 11 is 0. The molecule has 1 saturated carbocycles. The Labute approximate surface area is 211 Å². The van der Waals surface area contributed by atoms with Gasteiger partial charge in [0.2, 0.25) is 22.7 Å². The highest BCUT2D eigenvalue weighted by Gasteiger charge is 2.51. The highest BCUT2D eigenvalue weighted by Crippen LogP contribution is 2.51. The zero-order chi connectivity index (χ0) is 25.5. The second-order valence-corrected chi connectivity index (χ2v) is 11.1. The van der Waals surface area contributed by atoms with Crippen molar-refractivity contribution in [1.29, 1.82) is 0 Å². The Morgan fingerprint density at radius 3 is 2.47 bits per heavy atom. The van der Waals surface area contributed by atoms with Crippen molar-refractivity contribution in [3.8, 4) is 22.6 Å². The molecule has 3 aromatic carbocycles. The number of aryl methyl sites for hydroxylation is 1. The smallest absolute Gasteiger partial charge is 0.240 e. The number of benzene rings is 3. The Kier molecular flexibility index (Phi) is 6.23. The first kappa shape index (κ1) is 24.3. The third-order valence-electron chi connectivity index (χ3n) is 6.71. The Bertz CT molecular complexity index is 1420. The van der Waals surface area contributed by atoms with E-state index in [0.717, 1.165) is 35.1 Å². The molecule has 3 aromatic rings. The molecule has 9 heteroatoms. The molecule has 0 spiro atoms. The van der Waals surface area contributed by atoms with Gasteiger partial charge in [-0.1, -0.05) is 24.3 Å². The van der Waals surface area contributed by atoms with Crippen molar-refractivity contribution in [3.63, 3.8) is 0 Å². The molecule has 1 aliphatic carbocycles. The van der Waals surface area contributed by atoms with Crippen molar-refractivity contribution in [2.24, 2.45) is 0 Å². The predicted octanol–water partition coefficient (Wildman–Crippen LogP) is 3.97. The van der Waals surface area contributed by atoms with Gasteiger partial charge in [-0.2, -0.15) is 0 Å². The molecular formula is C27H30N2O6S. The van der Waals surface area contributed by atoms with E-state index in [0.29, 0.717) is 17.2 Å². The van der Waals surface area contributed by atoms with Crippen LogP contribution in [0.15, 0.2) is 65.6 Å². The molecule has 8 nitrogen and oxygen atoms in total. The van der Waals surface area contributed by atoms with Gasteiger partial charge in [-0.25, -0.2) is 13.1 Å². The van der Waals surface area contributed by atoms with Crippen molar-refractivity contribution in [1.82, 2.24) is 4.72 Å². The van der Waals surface area contributed by atoms with Crippen molar-refractivity contribution < 1.29 is 29.2 Å². The average molecular weight is 511 g/mol. The molecule has 2 aliphatic rings. The topological polar surface area (TPSA) is 114 Å². The second-order valence-electron chi connectivity index (χ2n) is 9.36. The highest BCUT2D eigenvalue weighted by molar-refractivity contribution is 7.89. The van der Waals surface area contributed by atoms with Gasteiger partial charge in [0.1, 0.15) is 0 Å². The van der Waals surface area contributed by atoms with E-state index < -0.39 is 21.5 Å². The van der Waals surface area contributed by atoms with Crippen molar-refractivity contribution in [2.75, 3.05) is 18.7 Å². The maximum absolute atomic E-state index is 13.3. The molecule has 0 aromatic heterocycles.